The molecule has 0 aliphatic heterocycles. The summed E-state index contributed by atoms with van der Waals surface area (Å²) >= 11 is 5.75. The van der Waals surface area contributed by atoms with Crippen LogP contribution in [0.3, 0.4) is 0 Å². The highest BCUT2D eigenvalue weighted by atomic mass is 35.5. The summed E-state index contributed by atoms with van der Waals surface area (Å²) in [7, 11) is 1.62. The van der Waals surface area contributed by atoms with Crippen LogP contribution in [-0.2, 0) is 4.74 Å². The molecule has 0 saturated carbocycles. The van der Waals surface area contributed by atoms with Gasteiger partial charge in [0.15, 0.2) is 11.5 Å². The van der Waals surface area contributed by atoms with Gasteiger partial charge in [0, 0.05) is 29.8 Å². The van der Waals surface area contributed by atoms with Crippen molar-refractivity contribution in [1.82, 2.24) is 9.97 Å². The number of nitrogens with one attached hydrogen (secondary N) is 1. The number of ether oxygens (including phenoxy) is 3. The number of methoxy groups -OCH3 is 1. The quantitative estimate of drug-likeness (QED) is 0.306. The molecule has 152 valence electrons. The fourth-order valence-electron chi connectivity index (χ4n) is 2.60. The Morgan fingerprint density at radius 3 is 2.62 bits per heavy atom. The fourth-order valence-corrected chi connectivity index (χ4v) is 2.67. The molecule has 3 rings (SSSR count). The van der Waals surface area contributed by atoms with Gasteiger partial charge >= 0.3 is 0 Å². The van der Waals surface area contributed by atoms with Crippen molar-refractivity contribution >= 4 is 46.4 Å². The largest absolute Gasteiger partial charge is 0.488 e. The third-order valence-electron chi connectivity index (χ3n) is 3.87. The summed E-state index contributed by atoms with van der Waals surface area (Å²) in [4.78, 5) is 8.72. The Labute approximate surface area is 181 Å². The Morgan fingerprint density at radius 1 is 1.07 bits per heavy atom. The zero-order valence-electron chi connectivity index (χ0n) is 15.9. The van der Waals surface area contributed by atoms with Crippen molar-refractivity contribution in [1.29, 1.82) is 0 Å². The second-order valence-electron chi connectivity index (χ2n) is 5.77. The van der Waals surface area contributed by atoms with Gasteiger partial charge in [0.05, 0.1) is 18.0 Å². The van der Waals surface area contributed by atoms with Gasteiger partial charge in [-0.15, -0.1) is 30.4 Å². The van der Waals surface area contributed by atoms with Crippen LogP contribution >= 0.6 is 24.0 Å². The maximum absolute atomic E-state index is 5.82. The maximum atomic E-state index is 5.82. The van der Waals surface area contributed by atoms with E-state index < -0.39 is 0 Å². The van der Waals surface area contributed by atoms with Crippen LogP contribution in [0.5, 0.6) is 11.5 Å². The molecule has 6 nitrogen and oxygen atoms in total. The lowest BCUT2D eigenvalue weighted by Gasteiger charge is -2.15. The first-order valence-electron chi connectivity index (χ1n) is 8.68. The molecule has 29 heavy (non-hydrogen) atoms. The molecule has 0 aliphatic rings. The average molecular weight is 434 g/mol. The lowest BCUT2D eigenvalue weighted by atomic mass is 10.2. The molecule has 0 spiro atoms. The molecular weight excluding hydrogens is 413 g/mol. The van der Waals surface area contributed by atoms with Crippen molar-refractivity contribution < 1.29 is 14.2 Å². The first-order valence-corrected chi connectivity index (χ1v) is 9.21. The molecule has 0 unspecified atom stereocenters. The number of alkyl halides is 1. The normalized spacial score (nSPS) is 10.1. The topological polar surface area (TPSA) is 65.5 Å². The smallest absolute Gasteiger partial charge is 0.163 e. The number of terminal acetylenes is 1. The van der Waals surface area contributed by atoms with E-state index in [0.717, 1.165) is 16.6 Å². The van der Waals surface area contributed by atoms with E-state index in [1.807, 2.05) is 36.4 Å². The number of anilines is 2. The van der Waals surface area contributed by atoms with E-state index in [9.17, 15) is 0 Å². The predicted molar refractivity (Wildman–Crippen MR) is 118 cm³/mol. The molecule has 0 saturated heterocycles. The molecule has 1 heterocycles. The monoisotopic (exact) mass is 433 g/mol. The van der Waals surface area contributed by atoms with Gasteiger partial charge < -0.3 is 19.5 Å². The van der Waals surface area contributed by atoms with Crippen LogP contribution in [0.25, 0.3) is 10.9 Å². The van der Waals surface area contributed by atoms with Crippen LogP contribution < -0.4 is 14.8 Å². The zero-order valence-corrected chi connectivity index (χ0v) is 17.4. The van der Waals surface area contributed by atoms with Crippen LogP contribution in [-0.4, -0.2) is 42.8 Å². The average Bonchev–Trinajstić information content (AvgIpc) is 2.73. The number of nitrogens with zero attached hydrogens (tertiary/aromatic N) is 2. The second kappa shape index (κ2) is 11.3. The Balaban J connectivity index is 0.00000300. The van der Waals surface area contributed by atoms with Gasteiger partial charge in [0.25, 0.3) is 0 Å². The number of halogens is 2. The Kier molecular flexibility index (Phi) is 8.81. The van der Waals surface area contributed by atoms with Crippen molar-refractivity contribution in [2.24, 2.45) is 0 Å². The van der Waals surface area contributed by atoms with Gasteiger partial charge in [-0.2, -0.15) is 0 Å². The van der Waals surface area contributed by atoms with Gasteiger partial charge in [-0.1, -0.05) is 12.0 Å². The minimum atomic E-state index is 0. The molecule has 0 atom stereocenters. The fraction of sp³-hybridized carbons (Fsp3) is 0.238. The number of benzene rings is 2. The Bertz CT molecular complexity index is 993. The van der Waals surface area contributed by atoms with E-state index in [1.165, 1.54) is 6.33 Å². The van der Waals surface area contributed by atoms with E-state index in [4.69, 9.17) is 32.2 Å². The van der Waals surface area contributed by atoms with Crippen LogP contribution in [0, 0.1) is 12.3 Å². The van der Waals surface area contributed by atoms with Gasteiger partial charge in [-0.05, 0) is 24.3 Å². The summed E-state index contributed by atoms with van der Waals surface area (Å²) in [6, 6.07) is 11.2. The number of hydrogen-bond acceptors (Lipinski definition) is 6. The van der Waals surface area contributed by atoms with Crippen LogP contribution in [0.4, 0.5) is 11.5 Å². The summed E-state index contributed by atoms with van der Waals surface area (Å²) in [5.74, 6) is 4.78. The van der Waals surface area contributed by atoms with Crippen molar-refractivity contribution in [3.63, 3.8) is 0 Å². The highest BCUT2D eigenvalue weighted by Crippen LogP contribution is 2.35. The lowest BCUT2D eigenvalue weighted by Crippen LogP contribution is -2.07. The third kappa shape index (κ3) is 5.88. The summed E-state index contributed by atoms with van der Waals surface area (Å²) in [5.41, 5.74) is 2.33. The molecule has 0 amide bonds. The predicted octanol–water partition coefficient (Wildman–Crippen LogP) is 4.42. The Morgan fingerprint density at radius 2 is 1.86 bits per heavy atom. The van der Waals surface area contributed by atoms with Crippen LogP contribution in [0.15, 0.2) is 42.7 Å². The molecule has 0 fully saturated rings. The SMILES string of the molecule is C#Cc1cccc(Nc2ncnc3cc(OCCCl)c(OCCOC)cc23)c1.Cl. The standard InChI is InChI=1S/C21H20ClN3O3.ClH/c1-3-15-5-4-6-16(11-15)25-21-17-12-19(28-10-9-26-2)20(27-8-7-22)13-18(17)23-14-24-21;/h1,4-6,11-14H,7-10H2,2H3,(H,23,24,25);1H. The lowest BCUT2D eigenvalue weighted by molar-refractivity contribution is 0.143. The van der Waals surface area contributed by atoms with Crippen LogP contribution in [0.1, 0.15) is 5.56 Å². The van der Waals surface area contributed by atoms with Crippen molar-refractivity contribution in [2.45, 2.75) is 0 Å². The highest BCUT2D eigenvalue weighted by molar-refractivity contribution is 6.18. The van der Waals surface area contributed by atoms with E-state index in [2.05, 4.69) is 21.2 Å². The second-order valence-corrected chi connectivity index (χ2v) is 6.15. The highest BCUT2D eigenvalue weighted by Gasteiger charge is 2.13. The van der Waals surface area contributed by atoms with E-state index in [-0.39, 0.29) is 12.4 Å². The van der Waals surface area contributed by atoms with E-state index >= 15 is 0 Å². The molecule has 3 aromatic rings. The molecule has 1 N–H and O–H groups in total. The van der Waals surface area contributed by atoms with Crippen LogP contribution in [0.2, 0.25) is 0 Å². The van der Waals surface area contributed by atoms with E-state index in [1.54, 1.807) is 7.11 Å². The molecule has 0 bridgehead atoms. The zero-order chi connectivity index (χ0) is 19.8. The summed E-state index contributed by atoms with van der Waals surface area (Å²) in [5, 5.41) is 4.08. The first kappa shape index (κ1) is 22.6. The molecule has 2 aromatic carbocycles. The number of fused-ring (bicyclic) bond motifs is 1. The minimum Gasteiger partial charge on any atom is -0.488 e. The molecular formula is C21H21Cl2N3O3. The minimum absolute atomic E-state index is 0. The van der Waals surface area contributed by atoms with Gasteiger partial charge in [0.1, 0.15) is 25.4 Å². The van der Waals surface area contributed by atoms with Gasteiger partial charge in [0.2, 0.25) is 0 Å². The number of hydrogen-bond donors (Lipinski definition) is 1. The third-order valence-corrected chi connectivity index (χ3v) is 4.03. The van der Waals surface area contributed by atoms with Crippen molar-refractivity contribution in [3.8, 4) is 23.8 Å². The number of rotatable bonds is 9. The maximum Gasteiger partial charge on any atom is 0.163 e. The summed E-state index contributed by atoms with van der Waals surface area (Å²) in [6.45, 7) is 1.21. The van der Waals surface area contributed by atoms with E-state index in [0.29, 0.717) is 48.5 Å². The van der Waals surface area contributed by atoms with Crippen molar-refractivity contribution in [3.05, 3.63) is 48.3 Å². The van der Waals surface area contributed by atoms with Crippen molar-refractivity contribution in [2.75, 3.05) is 38.1 Å². The first-order chi connectivity index (χ1) is 13.7. The summed E-state index contributed by atoms with van der Waals surface area (Å²) < 4.78 is 16.6. The number of aromatic nitrogens is 2. The molecule has 0 radical (unpaired) electrons. The van der Waals surface area contributed by atoms with Gasteiger partial charge in [-0.25, -0.2) is 9.97 Å². The molecule has 8 heteroatoms. The molecule has 1 aromatic heterocycles. The Hall–Kier alpha value is -2.72. The molecule has 0 aliphatic carbocycles. The summed E-state index contributed by atoms with van der Waals surface area (Å²) in [6.07, 6.45) is 6.98. The van der Waals surface area contributed by atoms with Gasteiger partial charge in [-0.3, -0.25) is 0 Å².